The Labute approximate surface area is 89.7 Å². The molecule has 0 amide bonds. The average Bonchev–Trinajstić information content (AvgIpc) is 2.20. The van der Waals surface area contributed by atoms with Gasteiger partial charge < -0.3 is 5.73 Å². The van der Waals surface area contributed by atoms with Crippen LogP contribution in [-0.2, 0) is 0 Å². The summed E-state index contributed by atoms with van der Waals surface area (Å²) in [4.78, 5) is 3.87. The van der Waals surface area contributed by atoms with E-state index in [-0.39, 0.29) is 21.6 Å². The van der Waals surface area contributed by atoms with Crippen molar-refractivity contribution in [1.29, 1.82) is 0 Å². The van der Waals surface area contributed by atoms with Crippen LogP contribution < -0.4 is 5.73 Å². The molecule has 2 N–H and O–H groups in total. The van der Waals surface area contributed by atoms with Gasteiger partial charge in [0.15, 0.2) is 0 Å². The molecule has 1 aromatic carbocycles. The van der Waals surface area contributed by atoms with Crippen LogP contribution in [0.1, 0.15) is 5.69 Å². The zero-order valence-corrected chi connectivity index (χ0v) is 8.57. The number of aromatic nitrogens is 1. The number of rotatable bonds is 0. The fourth-order valence-electron chi connectivity index (χ4n) is 1.43. The maximum Gasteiger partial charge on any atom is 0.149 e. The van der Waals surface area contributed by atoms with Gasteiger partial charge in [0, 0.05) is 0 Å². The zero-order chi connectivity index (χ0) is 11.2. The van der Waals surface area contributed by atoms with Gasteiger partial charge in [-0.1, -0.05) is 11.6 Å². The molecule has 0 atom stereocenters. The molecule has 0 aliphatic heterocycles. The van der Waals surface area contributed by atoms with Gasteiger partial charge in [-0.2, -0.15) is 0 Å². The number of aryl methyl sites for hydroxylation is 1. The highest BCUT2D eigenvalue weighted by Gasteiger charge is 2.14. The Balaban J connectivity index is 3.04. The largest absolute Gasteiger partial charge is 0.397 e. The number of benzene rings is 1. The predicted octanol–water partition coefficient (Wildman–Crippen LogP) is 3.06. The van der Waals surface area contributed by atoms with E-state index in [1.54, 1.807) is 6.92 Å². The molecule has 0 saturated heterocycles. The van der Waals surface area contributed by atoms with Crippen molar-refractivity contribution < 1.29 is 8.78 Å². The van der Waals surface area contributed by atoms with Crippen LogP contribution in [0.4, 0.5) is 14.5 Å². The minimum absolute atomic E-state index is 0.0242. The van der Waals surface area contributed by atoms with Gasteiger partial charge in [-0.15, -0.1) is 0 Å². The van der Waals surface area contributed by atoms with Crippen molar-refractivity contribution in [1.82, 2.24) is 4.98 Å². The van der Waals surface area contributed by atoms with Crippen molar-refractivity contribution in [2.24, 2.45) is 0 Å². The molecule has 5 heteroatoms. The summed E-state index contributed by atoms with van der Waals surface area (Å²) in [5, 5.41) is 0.0950. The first-order valence-electron chi connectivity index (χ1n) is 4.21. The third-order valence-corrected chi connectivity index (χ3v) is 2.66. The first-order chi connectivity index (χ1) is 7.02. The fourth-order valence-corrected chi connectivity index (χ4v) is 1.56. The second-order valence-corrected chi connectivity index (χ2v) is 3.56. The Hall–Kier alpha value is -1.42. The molecule has 2 aromatic rings. The summed E-state index contributed by atoms with van der Waals surface area (Å²) in [6, 6.07) is 2.01. The Morgan fingerprint density at radius 2 is 1.87 bits per heavy atom. The van der Waals surface area contributed by atoms with Crippen LogP contribution in [0, 0.1) is 18.6 Å². The fraction of sp³-hybridized carbons (Fsp3) is 0.100. The van der Waals surface area contributed by atoms with Crippen molar-refractivity contribution in [3.05, 3.63) is 34.5 Å². The summed E-state index contributed by atoms with van der Waals surface area (Å²) in [7, 11) is 0. The van der Waals surface area contributed by atoms with Crippen LogP contribution in [0.3, 0.4) is 0 Å². The molecule has 2 nitrogen and oxygen atoms in total. The van der Waals surface area contributed by atoms with Crippen LogP contribution in [0.15, 0.2) is 12.1 Å². The molecule has 0 bridgehead atoms. The maximum atomic E-state index is 13.4. The number of anilines is 1. The van der Waals surface area contributed by atoms with Crippen molar-refractivity contribution in [2.45, 2.75) is 6.92 Å². The van der Waals surface area contributed by atoms with E-state index in [0.29, 0.717) is 5.69 Å². The van der Waals surface area contributed by atoms with Gasteiger partial charge in [0.1, 0.15) is 17.2 Å². The van der Waals surface area contributed by atoms with E-state index >= 15 is 0 Å². The number of halogens is 3. The van der Waals surface area contributed by atoms with Gasteiger partial charge in [0.2, 0.25) is 0 Å². The van der Waals surface area contributed by atoms with E-state index in [2.05, 4.69) is 4.98 Å². The Kier molecular flexibility index (Phi) is 2.23. The topological polar surface area (TPSA) is 38.9 Å². The second-order valence-electron chi connectivity index (χ2n) is 3.18. The third kappa shape index (κ3) is 1.41. The van der Waals surface area contributed by atoms with Crippen molar-refractivity contribution in [2.75, 3.05) is 5.73 Å². The van der Waals surface area contributed by atoms with Crippen LogP contribution >= 0.6 is 11.6 Å². The first-order valence-corrected chi connectivity index (χ1v) is 4.59. The van der Waals surface area contributed by atoms with Crippen LogP contribution in [0.25, 0.3) is 10.9 Å². The molecule has 0 spiro atoms. The van der Waals surface area contributed by atoms with Crippen LogP contribution in [0.2, 0.25) is 5.02 Å². The van der Waals surface area contributed by atoms with E-state index < -0.39 is 11.6 Å². The third-order valence-electron chi connectivity index (χ3n) is 2.18. The molecule has 2 rings (SSSR count). The zero-order valence-electron chi connectivity index (χ0n) is 7.81. The molecule has 0 fully saturated rings. The monoisotopic (exact) mass is 228 g/mol. The van der Waals surface area contributed by atoms with Gasteiger partial charge in [0.05, 0.1) is 21.8 Å². The number of pyridine rings is 1. The van der Waals surface area contributed by atoms with Gasteiger partial charge in [0.25, 0.3) is 0 Å². The van der Waals surface area contributed by atoms with Gasteiger partial charge in [-0.05, 0) is 19.1 Å². The molecule has 1 aromatic heterocycles. The lowest BCUT2D eigenvalue weighted by Crippen LogP contribution is -1.98. The molecule has 0 aliphatic carbocycles. The molecule has 15 heavy (non-hydrogen) atoms. The molecule has 0 unspecified atom stereocenters. The number of hydrogen-bond acceptors (Lipinski definition) is 2. The lowest BCUT2D eigenvalue weighted by Gasteiger charge is -2.07. The lowest BCUT2D eigenvalue weighted by molar-refractivity contribution is 0.615. The van der Waals surface area contributed by atoms with E-state index in [0.717, 1.165) is 12.1 Å². The number of fused-ring (bicyclic) bond motifs is 1. The lowest BCUT2D eigenvalue weighted by atomic mass is 10.1. The SMILES string of the molecule is Cc1nc2c(F)ccc(F)c2c(N)c1Cl. The standard InChI is InChI=1S/C10H7ClF2N2/c1-4-8(11)9(14)7-5(12)2-3-6(13)10(7)15-4/h2-3H,1H3,(H2,14,15). The molecule has 0 saturated carbocycles. The molecule has 1 heterocycles. The van der Waals surface area contributed by atoms with Crippen molar-refractivity contribution in [3.8, 4) is 0 Å². The Morgan fingerprint density at radius 3 is 2.53 bits per heavy atom. The van der Waals surface area contributed by atoms with Gasteiger partial charge in [-0.3, -0.25) is 0 Å². The van der Waals surface area contributed by atoms with E-state index in [1.807, 2.05) is 0 Å². The van der Waals surface area contributed by atoms with E-state index in [4.69, 9.17) is 17.3 Å². The van der Waals surface area contributed by atoms with Crippen LogP contribution in [0.5, 0.6) is 0 Å². The molecule has 78 valence electrons. The van der Waals surface area contributed by atoms with E-state index in [9.17, 15) is 8.78 Å². The summed E-state index contributed by atoms with van der Waals surface area (Å²) in [5.74, 6) is -1.24. The summed E-state index contributed by atoms with van der Waals surface area (Å²) in [5.41, 5.74) is 5.93. The van der Waals surface area contributed by atoms with Crippen molar-refractivity contribution >= 4 is 28.2 Å². The highest BCUT2D eigenvalue weighted by molar-refractivity contribution is 6.35. The average molecular weight is 229 g/mol. The minimum atomic E-state index is -0.627. The highest BCUT2D eigenvalue weighted by Crippen LogP contribution is 2.32. The number of nitrogen functional groups attached to an aromatic ring is 1. The predicted molar refractivity (Wildman–Crippen MR) is 55.8 cm³/mol. The summed E-state index contributed by atoms with van der Waals surface area (Å²) < 4.78 is 26.7. The Morgan fingerprint density at radius 1 is 1.27 bits per heavy atom. The minimum Gasteiger partial charge on any atom is -0.397 e. The van der Waals surface area contributed by atoms with Gasteiger partial charge in [-0.25, -0.2) is 13.8 Å². The van der Waals surface area contributed by atoms with Gasteiger partial charge >= 0.3 is 0 Å². The summed E-state index contributed by atoms with van der Waals surface area (Å²) >= 11 is 5.80. The van der Waals surface area contributed by atoms with Crippen molar-refractivity contribution in [3.63, 3.8) is 0 Å². The molecule has 0 aliphatic rings. The normalized spacial score (nSPS) is 10.9. The molecule has 0 radical (unpaired) electrons. The number of hydrogen-bond donors (Lipinski definition) is 1. The number of nitrogens with two attached hydrogens (primary N) is 1. The van der Waals surface area contributed by atoms with E-state index in [1.165, 1.54) is 0 Å². The smallest absolute Gasteiger partial charge is 0.149 e. The summed E-state index contributed by atoms with van der Waals surface area (Å²) in [6.07, 6.45) is 0. The van der Waals surface area contributed by atoms with Crippen LogP contribution in [-0.4, -0.2) is 4.98 Å². The first kappa shape index (κ1) is 10.1. The Bertz CT molecular complexity index is 555. The second kappa shape index (κ2) is 3.31. The number of nitrogens with zero attached hydrogens (tertiary/aromatic N) is 1. The quantitative estimate of drug-likeness (QED) is 0.753. The maximum absolute atomic E-state index is 13.4. The molecular weight excluding hydrogens is 222 g/mol. The summed E-state index contributed by atoms with van der Waals surface area (Å²) in [6.45, 7) is 1.59. The highest BCUT2D eigenvalue weighted by atomic mass is 35.5. The molecular formula is C10H7ClF2N2.